The predicted octanol–water partition coefficient (Wildman–Crippen LogP) is 3.73. The number of aryl methyl sites for hydroxylation is 1. The average molecular weight is 291 g/mol. The van der Waals surface area contributed by atoms with Crippen LogP contribution in [0, 0.1) is 6.92 Å². The van der Waals surface area contributed by atoms with Gasteiger partial charge in [0.15, 0.2) is 0 Å². The zero-order chi connectivity index (χ0) is 14.7. The molecule has 20 heavy (non-hydrogen) atoms. The summed E-state index contributed by atoms with van der Waals surface area (Å²) in [7, 11) is 2.00. The van der Waals surface area contributed by atoms with Gasteiger partial charge in [-0.05, 0) is 49.2 Å². The fraction of sp³-hybridized carbons (Fsp3) is 0.312. The summed E-state index contributed by atoms with van der Waals surface area (Å²) in [6.45, 7) is 4.08. The normalized spacial score (nSPS) is 12.2. The largest absolute Gasteiger partial charge is 0.392 e. The topological polar surface area (TPSA) is 36.4 Å². The van der Waals surface area contributed by atoms with E-state index in [0.29, 0.717) is 0 Å². The lowest BCUT2D eigenvalue weighted by atomic mass is 10.1. The van der Waals surface area contributed by atoms with Crippen molar-refractivity contribution in [2.75, 3.05) is 11.9 Å². The van der Waals surface area contributed by atoms with Crippen molar-refractivity contribution < 1.29 is 5.11 Å². The molecule has 2 aromatic rings. The van der Waals surface area contributed by atoms with Gasteiger partial charge in [0.1, 0.15) is 5.82 Å². The van der Waals surface area contributed by atoms with Crippen LogP contribution in [-0.4, -0.2) is 17.1 Å². The summed E-state index contributed by atoms with van der Waals surface area (Å²) in [5, 5.41) is 10.0. The van der Waals surface area contributed by atoms with Crippen LogP contribution < -0.4 is 4.90 Å². The highest BCUT2D eigenvalue weighted by molar-refractivity contribution is 6.30. The standard InChI is InChI=1S/C16H19ClN2O/c1-11-8-13(10-20)9-16(18-11)19(3)12(2)14-4-6-15(17)7-5-14/h4-9,12,20H,10H2,1-3H3. The minimum atomic E-state index is 0.0273. The molecule has 0 amide bonds. The molecular weight excluding hydrogens is 272 g/mol. The molecule has 2 rings (SSSR count). The minimum Gasteiger partial charge on any atom is -0.392 e. The maximum absolute atomic E-state index is 9.29. The average Bonchev–Trinajstić information content (AvgIpc) is 2.45. The van der Waals surface area contributed by atoms with Crippen molar-refractivity contribution >= 4 is 17.4 Å². The first-order valence-corrected chi connectivity index (χ1v) is 6.96. The Hall–Kier alpha value is -1.58. The summed E-state index contributed by atoms with van der Waals surface area (Å²) in [5.74, 6) is 0.858. The van der Waals surface area contributed by atoms with Crippen LogP contribution in [0.4, 0.5) is 5.82 Å². The van der Waals surface area contributed by atoms with Gasteiger partial charge in [0, 0.05) is 17.8 Å². The molecule has 0 aliphatic rings. The highest BCUT2D eigenvalue weighted by Crippen LogP contribution is 2.25. The molecule has 0 radical (unpaired) electrons. The molecule has 0 saturated carbocycles. The van der Waals surface area contributed by atoms with Crippen LogP contribution in [0.2, 0.25) is 5.02 Å². The van der Waals surface area contributed by atoms with Gasteiger partial charge in [0.05, 0.1) is 12.6 Å². The molecule has 0 bridgehead atoms. The monoisotopic (exact) mass is 290 g/mol. The number of benzene rings is 1. The highest BCUT2D eigenvalue weighted by Gasteiger charge is 2.14. The Morgan fingerprint density at radius 3 is 2.50 bits per heavy atom. The second-order valence-corrected chi connectivity index (χ2v) is 5.41. The molecule has 0 saturated heterocycles. The fourth-order valence-corrected chi connectivity index (χ4v) is 2.28. The summed E-state index contributed by atoms with van der Waals surface area (Å²) in [6.07, 6.45) is 0. The molecule has 1 unspecified atom stereocenters. The molecule has 1 aromatic heterocycles. The summed E-state index contributed by atoms with van der Waals surface area (Å²) >= 11 is 5.92. The third-order valence-corrected chi connectivity index (χ3v) is 3.73. The third-order valence-electron chi connectivity index (χ3n) is 3.48. The van der Waals surface area contributed by atoms with Gasteiger partial charge in [0.25, 0.3) is 0 Å². The van der Waals surface area contributed by atoms with Gasteiger partial charge in [-0.2, -0.15) is 0 Å². The number of hydrogen-bond acceptors (Lipinski definition) is 3. The lowest BCUT2D eigenvalue weighted by Gasteiger charge is -2.27. The smallest absolute Gasteiger partial charge is 0.129 e. The van der Waals surface area contributed by atoms with Crippen LogP contribution in [0.1, 0.15) is 29.8 Å². The first-order valence-electron chi connectivity index (χ1n) is 6.58. The SMILES string of the molecule is Cc1cc(CO)cc(N(C)C(C)c2ccc(Cl)cc2)n1. The molecule has 0 aliphatic heterocycles. The molecule has 0 fully saturated rings. The Balaban J connectivity index is 2.28. The summed E-state index contributed by atoms with van der Waals surface area (Å²) in [6, 6.07) is 11.8. The van der Waals surface area contributed by atoms with Gasteiger partial charge >= 0.3 is 0 Å². The van der Waals surface area contributed by atoms with E-state index in [1.165, 1.54) is 5.56 Å². The number of nitrogens with zero attached hydrogens (tertiary/aromatic N) is 2. The molecule has 1 heterocycles. The summed E-state index contributed by atoms with van der Waals surface area (Å²) in [5.41, 5.74) is 2.95. The number of hydrogen-bond donors (Lipinski definition) is 1. The lowest BCUT2D eigenvalue weighted by molar-refractivity contribution is 0.281. The minimum absolute atomic E-state index is 0.0273. The summed E-state index contributed by atoms with van der Waals surface area (Å²) in [4.78, 5) is 6.63. The van der Waals surface area contributed by atoms with Gasteiger partial charge in [-0.1, -0.05) is 23.7 Å². The summed E-state index contributed by atoms with van der Waals surface area (Å²) < 4.78 is 0. The molecule has 0 aliphatic carbocycles. The van der Waals surface area contributed by atoms with Crippen molar-refractivity contribution in [2.45, 2.75) is 26.5 Å². The third kappa shape index (κ3) is 3.30. The van der Waals surface area contributed by atoms with Gasteiger partial charge in [-0.15, -0.1) is 0 Å². The van der Waals surface area contributed by atoms with E-state index in [1.54, 1.807) is 0 Å². The number of anilines is 1. The number of pyridine rings is 1. The molecule has 4 heteroatoms. The zero-order valence-electron chi connectivity index (χ0n) is 12.0. The fourth-order valence-electron chi connectivity index (χ4n) is 2.16. The van der Waals surface area contributed by atoms with E-state index in [2.05, 4.69) is 16.8 Å². The van der Waals surface area contributed by atoms with E-state index in [4.69, 9.17) is 11.6 Å². The van der Waals surface area contributed by atoms with Crippen molar-refractivity contribution in [3.05, 3.63) is 58.2 Å². The maximum atomic E-state index is 9.29. The number of rotatable bonds is 4. The Morgan fingerprint density at radius 1 is 1.25 bits per heavy atom. The van der Waals surface area contributed by atoms with Crippen LogP contribution in [0.15, 0.2) is 36.4 Å². The van der Waals surface area contributed by atoms with E-state index in [-0.39, 0.29) is 12.6 Å². The van der Waals surface area contributed by atoms with Crippen LogP contribution in [0.25, 0.3) is 0 Å². The molecule has 3 nitrogen and oxygen atoms in total. The quantitative estimate of drug-likeness (QED) is 0.932. The van der Waals surface area contributed by atoms with Crippen LogP contribution >= 0.6 is 11.6 Å². The highest BCUT2D eigenvalue weighted by atomic mass is 35.5. The van der Waals surface area contributed by atoms with Gasteiger partial charge in [0.2, 0.25) is 0 Å². The first kappa shape index (κ1) is 14.8. The van der Waals surface area contributed by atoms with Crippen LogP contribution in [0.3, 0.4) is 0 Å². The Labute approximate surface area is 124 Å². The van der Waals surface area contributed by atoms with Gasteiger partial charge in [-0.25, -0.2) is 4.98 Å². The molecule has 0 spiro atoms. The molecular formula is C16H19ClN2O. The van der Waals surface area contributed by atoms with Crippen molar-refractivity contribution in [1.29, 1.82) is 0 Å². The van der Waals surface area contributed by atoms with Crippen LogP contribution in [0.5, 0.6) is 0 Å². The second kappa shape index (κ2) is 6.25. The van der Waals surface area contributed by atoms with Crippen molar-refractivity contribution in [1.82, 2.24) is 4.98 Å². The van der Waals surface area contributed by atoms with Gasteiger partial charge < -0.3 is 10.0 Å². The van der Waals surface area contributed by atoms with Crippen LogP contribution in [-0.2, 0) is 6.61 Å². The van der Waals surface area contributed by atoms with Crippen molar-refractivity contribution in [2.24, 2.45) is 0 Å². The van der Waals surface area contributed by atoms with E-state index >= 15 is 0 Å². The Morgan fingerprint density at radius 2 is 1.90 bits per heavy atom. The number of aliphatic hydroxyl groups is 1. The molecule has 1 N–H and O–H groups in total. The van der Waals surface area contributed by atoms with Crippen molar-refractivity contribution in [3.8, 4) is 0 Å². The Kier molecular flexibility index (Phi) is 4.63. The van der Waals surface area contributed by atoms with E-state index < -0.39 is 0 Å². The first-order chi connectivity index (χ1) is 9.51. The Bertz CT molecular complexity index is 584. The maximum Gasteiger partial charge on any atom is 0.129 e. The zero-order valence-corrected chi connectivity index (χ0v) is 12.7. The van der Waals surface area contributed by atoms with Gasteiger partial charge in [-0.3, -0.25) is 0 Å². The lowest BCUT2D eigenvalue weighted by Crippen LogP contribution is -2.23. The number of aliphatic hydroxyl groups excluding tert-OH is 1. The predicted molar refractivity (Wildman–Crippen MR) is 83.2 cm³/mol. The number of aromatic nitrogens is 1. The second-order valence-electron chi connectivity index (χ2n) is 4.97. The van der Waals surface area contributed by atoms with E-state index in [9.17, 15) is 5.11 Å². The van der Waals surface area contributed by atoms with E-state index in [0.717, 1.165) is 22.1 Å². The van der Waals surface area contributed by atoms with E-state index in [1.807, 2.05) is 50.4 Å². The van der Waals surface area contributed by atoms with Crippen molar-refractivity contribution in [3.63, 3.8) is 0 Å². The molecule has 1 atom stereocenters. The number of halogens is 1. The molecule has 106 valence electrons. The molecule has 1 aromatic carbocycles.